The molecular formula is C17H12F2O5. The number of alkyl halides is 2. The average molecular weight is 334 g/mol. The van der Waals surface area contributed by atoms with Gasteiger partial charge in [-0.2, -0.15) is 8.78 Å². The van der Waals surface area contributed by atoms with Crippen LogP contribution in [0.2, 0.25) is 0 Å². The van der Waals surface area contributed by atoms with Gasteiger partial charge in [0.1, 0.15) is 11.5 Å². The minimum Gasteiger partial charge on any atom is -0.508 e. The van der Waals surface area contributed by atoms with Gasteiger partial charge in [0.15, 0.2) is 17.3 Å². The first-order valence-corrected chi connectivity index (χ1v) is 6.88. The molecule has 0 spiro atoms. The molecule has 24 heavy (non-hydrogen) atoms. The van der Waals surface area contributed by atoms with Gasteiger partial charge < -0.3 is 19.3 Å². The average Bonchev–Trinajstić information content (AvgIpc) is 2.83. The highest BCUT2D eigenvalue weighted by atomic mass is 19.3. The molecule has 0 amide bonds. The second-order valence-electron chi connectivity index (χ2n) is 4.91. The van der Waals surface area contributed by atoms with Crippen LogP contribution in [0.1, 0.15) is 15.9 Å². The van der Waals surface area contributed by atoms with Gasteiger partial charge in [0, 0.05) is 6.07 Å². The van der Waals surface area contributed by atoms with Crippen LogP contribution in [-0.4, -0.2) is 24.6 Å². The van der Waals surface area contributed by atoms with Crippen LogP contribution < -0.4 is 14.2 Å². The second-order valence-corrected chi connectivity index (χ2v) is 4.91. The number of ether oxygens (including phenoxy) is 3. The van der Waals surface area contributed by atoms with Crippen molar-refractivity contribution in [2.24, 2.45) is 0 Å². The number of fused-ring (bicyclic) bond motifs is 1. The van der Waals surface area contributed by atoms with Gasteiger partial charge in [-0.3, -0.25) is 4.79 Å². The number of phenols is 1. The number of halogens is 2. The number of benzene rings is 2. The normalized spacial score (nSPS) is 14.7. The van der Waals surface area contributed by atoms with E-state index in [-0.39, 0.29) is 34.5 Å². The highest BCUT2D eigenvalue weighted by molar-refractivity contribution is 6.14. The summed E-state index contributed by atoms with van der Waals surface area (Å²) in [5.74, 6) is -0.0438. The van der Waals surface area contributed by atoms with Crippen molar-refractivity contribution in [3.8, 4) is 23.0 Å². The maximum atomic E-state index is 12.3. The number of phenolic OH excluding ortho intramolecular Hbond substituents is 1. The second kappa shape index (κ2) is 6.19. The quantitative estimate of drug-likeness (QED) is 0.865. The smallest absolute Gasteiger partial charge is 0.387 e. The third kappa shape index (κ3) is 3.01. The van der Waals surface area contributed by atoms with Crippen LogP contribution in [0.15, 0.2) is 42.2 Å². The highest BCUT2D eigenvalue weighted by Gasteiger charge is 2.27. The Labute approximate surface area is 135 Å². The van der Waals surface area contributed by atoms with E-state index in [2.05, 4.69) is 4.74 Å². The number of hydrogen-bond donors (Lipinski definition) is 1. The van der Waals surface area contributed by atoms with E-state index < -0.39 is 6.61 Å². The minimum absolute atomic E-state index is 0.0158. The van der Waals surface area contributed by atoms with Gasteiger partial charge in [-0.1, -0.05) is 6.07 Å². The third-order valence-corrected chi connectivity index (χ3v) is 3.36. The Morgan fingerprint density at radius 2 is 1.96 bits per heavy atom. The van der Waals surface area contributed by atoms with Gasteiger partial charge >= 0.3 is 6.61 Å². The van der Waals surface area contributed by atoms with Crippen LogP contribution in [-0.2, 0) is 0 Å². The summed E-state index contributed by atoms with van der Waals surface area (Å²) in [5.41, 5.74) is 0.845. The van der Waals surface area contributed by atoms with E-state index in [1.807, 2.05) is 0 Å². The van der Waals surface area contributed by atoms with Crippen molar-refractivity contribution in [2.45, 2.75) is 6.61 Å². The molecule has 0 aliphatic carbocycles. The zero-order valence-electron chi connectivity index (χ0n) is 12.5. The molecule has 5 nitrogen and oxygen atoms in total. The number of rotatable bonds is 4. The fourth-order valence-corrected chi connectivity index (χ4v) is 2.29. The molecule has 3 rings (SSSR count). The van der Waals surface area contributed by atoms with E-state index in [1.54, 1.807) is 0 Å². The summed E-state index contributed by atoms with van der Waals surface area (Å²) in [5, 5.41) is 9.43. The lowest BCUT2D eigenvalue weighted by atomic mass is 10.1. The molecule has 0 unspecified atom stereocenters. The Kier molecular flexibility index (Phi) is 4.07. The molecule has 2 aromatic rings. The molecule has 7 heteroatoms. The third-order valence-electron chi connectivity index (χ3n) is 3.36. The first-order valence-electron chi connectivity index (χ1n) is 6.88. The fourth-order valence-electron chi connectivity index (χ4n) is 2.29. The Morgan fingerprint density at radius 1 is 1.17 bits per heavy atom. The Hall–Kier alpha value is -3.09. The highest BCUT2D eigenvalue weighted by Crippen LogP contribution is 2.35. The van der Waals surface area contributed by atoms with Crippen LogP contribution in [0.25, 0.3) is 6.08 Å². The zero-order valence-corrected chi connectivity index (χ0v) is 12.5. The number of aromatic hydroxyl groups is 1. The Bertz CT molecular complexity index is 830. The minimum atomic E-state index is -2.97. The number of methoxy groups -OCH3 is 1. The van der Waals surface area contributed by atoms with E-state index in [0.29, 0.717) is 11.1 Å². The SMILES string of the molecule is COc1cc(/C=C2/Oc3cc(O)ccc3C2=O)ccc1OC(F)F. The van der Waals surface area contributed by atoms with Crippen LogP contribution in [0.3, 0.4) is 0 Å². The predicted molar refractivity (Wildman–Crippen MR) is 80.7 cm³/mol. The van der Waals surface area contributed by atoms with Gasteiger partial charge in [-0.05, 0) is 35.9 Å². The lowest BCUT2D eigenvalue weighted by molar-refractivity contribution is -0.0512. The first kappa shape index (κ1) is 15.8. The van der Waals surface area contributed by atoms with Crippen LogP contribution in [0.5, 0.6) is 23.0 Å². The molecular weight excluding hydrogens is 322 g/mol. The van der Waals surface area contributed by atoms with Crippen molar-refractivity contribution in [1.29, 1.82) is 0 Å². The van der Waals surface area contributed by atoms with E-state index in [0.717, 1.165) is 0 Å². The van der Waals surface area contributed by atoms with E-state index >= 15 is 0 Å². The molecule has 1 aliphatic rings. The Morgan fingerprint density at radius 3 is 2.67 bits per heavy atom. The molecule has 0 bridgehead atoms. The molecule has 2 aromatic carbocycles. The van der Waals surface area contributed by atoms with Crippen LogP contribution in [0.4, 0.5) is 8.78 Å². The lowest BCUT2D eigenvalue weighted by Crippen LogP contribution is -2.03. The molecule has 0 radical (unpaired) electrons. The molecule has 1 aliphatic heterocycles. The fraction of sp³-hybridized carbons (Fsp3) is 0.118. The molecule has 0 atom stereocenters. The topological polar surface area (TPSA) is 65.0 Å². The van der Waals surface area contributed by atoms with Crippen molar-refractivity contribution >= 4 is 11.9 Å². The molecule has 1 N–H and O–H groups in total. The van der Waals surface area contributed by atoms with Gasteiger partial charge in [0.2, 0.25) is 5.78 Å². The summed E-state index contributed by atoms with van der Waals surface area (Å²) in [7, 11) is 1.32. The Balaban J connectivity index is 1.91. The first-order chi connectivity index (χ1) is 11.5. The molecule has 124 valence electrons. The molecule has 0 fully saturated rings. The monoisotopic (exact) mass is 334 g/mol. The van der Waals surface area contributed by atoms with Gasteiger partial charge in [0.25, 0.3) is 0 Å². The summed E-state index contributed by atoms with van der Waals surface area (Å²) in [4.78, 5) is 12.2. The summed E-state index contributed by atoms with van der Waals surface area (Å²) in [6, 6.07) is 8.45. The lowest BCUT2D eigenvalue weighted by Gasteiger charge is -2.10. The van der Waals surface area contributed by atoms with Crippen molar-refractivity contribution in [1.82, 2.24) is 0 Å². The number of carbonyl (C=O) groups is 1. The zero-order chi connectivity index (χ0) is 17.3. The number of ketones is 1. The predicted octanol–water partition coefficient (Wildman–Crippen LogP) is 3.62. The summed E-state index contributed by atoms with van der Waals surface area (Å²) >= 11 is 0. The molecule has 1 heterocycles. The van der Waals surface area contributed by atoms with Gasteiger partial charge in [-0.15, -0.1) is 0 Å². The number of hydrogen-bond acceptors (Lipinski definition) is 5. The van der Waals surface area contributed by atoms with Crippen molar-refractivity contribution < 1.29 is 32.9 Å². The molecule has 0 aromatic heterocycles. The van der Waals surface area contributed by atoms with E-state index in [4.69, 9.17) is 9.47 Å². The molecule has 0 saturated heterocycles. The van der Waals surface area contributed by atoms with E-state index in [9.17, 15) is 18.7 Å². The van der Waals surface area contributed by atoms with E-state index in [1.165, 1.54) is 49.6 Å². The van der Waals surface area contributed by atoms with Crippen LogP contribution in [0, 0.1) is 0 Å². The summed E-state index contributed by atoms with van der Waals surface area (Å²) in [6.07, 6.45) is 1.45. The van der Waals surface area contributed by atoms with Gasteiger partial charge in [-0.25, -0.2) is 0 Å². The summed E-state index contributed by atoms with van der Waals surface area (Å²) in [6.45, 7) is -2.97. The van der Waals surface area contributed by atoms with Crippen molar-refractivity contribution in [2.75, 3.05) is 7.11 Å². The van der Waals surface area contributed by atoms with Gasteiger partial charge in [0.05, 0.1) is 12.7 Å². The number of allylic oxidation sites excluding steroid dienone is 1. The maximum Gasteiger partial charge on any atom is 0.387 e. The maximum absolute atomic E-state index is 12.3. The largest absolute Gasteiger partial charge is 0.508 e. The number of Topliss-reactive ketones (excluding diaryl/α,β-unsaturated/α-hetero) is 1. The van der Waals surface area contributed by atoms with Crippen molar-refractivity contribution in [3.05, 3.63) is 53.3 Å². The molecule has 0 saturated carbocycles. The summed E-state index contributed by atoms with van der Waals surface area (Å²) < 4.78 is 39.4. The number of carbonyl (C=O) groups excluding carboxylic acids is 1. The standard InChI is InChI=1S/C17H12F2O5/c1-22-14-6-9(2-5-12(14)24-17(18)19)7-15-16(21)11-4-3-10(20)8-13(11)23-15/h2-8,17,20H,1H3/b15-7+. The van der Waals surface area contributed by atoms with Crippen molar-refractivity contribution in [3.63, 3.8) is 0 Å². The van der Waals surface area contributed by atoms with Crippen LogP contribution >= 0.6 is 0 Å².